The molecule has 1 aliphatic rings. The monoisotopic (exact) mass is 615 g/mol. The molecule has 0 spiro atoms. The second-order valence-electron chi connectivity index (χ2n) is 12.9. The SMILES string of the molecule is Cc1cc(C(C)C)c(N=C(c2ccc([N+](=O)[O-])cc2)N2CCCN(C(=Nc3c(C)cccc3C)c3ccccc3)C2)c(C(C)C)c1. The maximum absolute atomic E-state index is 11.5. The minimum Gasteiger partial charge on any atom is -0.338 e. The van der Waals surface area contributed by atoms with Crippen LogP contribution in [0.4, 0.5) is 17.1 Å². The molecule has 1 aliphatic heterocycles. The fourth-order valence-corrected chi connectivity index (χ4v) is 6.14. The van der Waals surface area contributed by atoms with E-state index in [-0.39, 0.29) is 22.4 Å². The molecule has 0 aromatic heterocycles. The number of hydrogen-bond donors (Lipinski definition) is 0. The number of non-ortho nitro benzene ring substituents is 1. The van der Waals surface area contributed by atoms with Crippen LogP contribution in [0.2, 0.25) is 0 Å². The molecule has 0 bridgehead atoms. The van der Waals surface area contributed by atoms with Gasteiger partial charge in [-0.15, -0.1) is 0 Å². The summed E-state index contributed by atoms with van der Waals surface area (Å²) >= 11 is 0. The van der Waals surface area contributed by atoms with E-state index < -0.39 is 0 Å². The highest BCUT2D eigenvalue weighted by molar-refractivity contribution is 6.03. The third-order valence-corrected chi connectivity index (χ3v) is 8.60. The lowest BCUT2D eigenvalue weighted by atomic mass is 9.90. The Morgan fingerprint density at radius 1 is 0.696 bits per heavy atom. The van der Waals surface area contributed by atoms with Crippen LogP contribution in [-0.2, 0) is 0 Å². The fraction of sp³-hybridized carbons (Fsp3) is 0.333. The van der Waals surface area contributed by atoms with Crippen molar-refractivity contribution in [3.05, 3.63) is 134 Å². The van der Waals surface area contributed by atoms with Gasteiger partial charge in [-0.1, -0.05) is 93.9 Å². The average Bonchev–Trinajstić information content (AvgIpc) is 3.04. The van der Waals surface area contributed by atoms with Gasteiger partial charge in [0.1, 0.15) is 11.7 Å². The van der Waals surface area contributed by atoms with Crippen LogP contribution in [0.1, 0.15) is 84.9 Å². The van der Waals surface area contributed by atoms with Gasteiger partial charge >= 0.3 is 0 Å². The van der Waals surface area contributed by atoms with Crippen molar-refractivity contribution < 1.29 is 4.92 Å². The lowest BCUT2D eigenvalue weighted by molar-refractivity contribution is -0.384. The molecule has 1 fully saturated rings. The van der Waals surface area contributed by atoms with Crippen LogP contribution in [0, 0.1) is 30.9 Å². The first-order chi connectivity index (χ1) is 22.0. The quantitative estimate of drug-likeness (QED) is 0.0898. The number of para-hydroxylation sites is 1. The standard InChI is InChI=1S/C39H45N5O2/c1-26(2)34-23-28(5)24-35(27(3)4)37(34)41-39(32-17-19-33(20-18-32)44(45)46)43-22-12-21-42(25-43)38(31-15-9-8-10-16-31)40-36-29(6)13-11-14-30(36)7/h8-11,13-20,23-24,26-27H,12,21-22,25H2,1-7H3. The van der Waals surface area contributed by atoms with Gasteiger partial charge in [-0.3, -0.25) is 10.1 Å². The van der Waals surface area contributed by atoms with E-state index in [1.165, 1.54) is 16.7 Å². The Morgan fingerprint density at radius 3 is 1.70 bits per heavy atom. The molecule has 238 valence electrons. The number of nitro groups is 1. The van der Waals surface area contributed by atoms with E-state index in [2.05, 4.69) is 113 Å². The third kappa shape index (κ3) is 7.20. The van der Waals surface area contributed by atoms with E-state index in [0.717, 1.165) is 64.8 Å². The summed E-state index contributed by atoms with van der Waals surface area (Å²) in [6, 6.07) is 28.0. The number of nitro benzene ring substituents is 1. The van der Waals surface area contributed by atoms with Crippen molar-refractivity contribution in [1.82, 2.24) is 9.80 Å². The molecule has 0 N–H and O–H groups in total. The van der Waals surface area contributed by atoms with Gasteiger partial charge in [0.05, 0.1) is 23.0 Å². The van der Waals surface area contributed by atoms with Crippen molar-refractivity contribution in [2.24, 2.45) is 9.98 Å². The van der Waals surface area contributed by atoms with Gasteiger partial charge in [0, 0.05) is 36.3 Å². The molecule has 0 amide bonds. The summed E-state index contributed by atoms with van der Waals surface area (Å²) < 4.78 is 0. The normalized spacial score (nSPS) is 14.4. The van der Waals surface area contributed by atoms with Gasteiger partial charge in [0.2, 0.25) is 0 Å². The van der Waals surface area contributed by atoms with E-state index >= 15 is 0 Å². The number of aryl methyl sites for hydroxylation is 3. The highest BCUT2D eigenvalue weighted by atomic mass is 16.6. The van der Waals surface area contributed by atoms with Gasteiger partial charge in [0.25, 0.3) is 5.69 Å². The minimum atomic E-state index is -0.354. The molecule has 1 saturated heterocycles. The maximum Gasteiger partial charge on any atom is 0.269 e. The Bertz CT molecular complexity index is 1710. The molecule has 5 rings (SSSR count). The molecule has 4 aromatic carbocycles. The summed E-state index contributed by atoms with van der Waals surface area (Å²) in [5.41, 5.74) is 9.87. The Kier molecular flexibility index (Phi) is 10.0. The minimum absolute atomic E-state index is 0.0662. The van der Waals surface area contributed by atoms with Gasteiger partial charge in [0.15, 0.2) is 0 Å². The highest BCUT2D eigenvalue weighted by Gasteiger charge is 2.27. The number of hydrogen-bond acceptors (Lipinski definition) is 4. The van der Waals surface area contributed by atoms with Crippen LogP contribution >= 0.6 is 0 Å². The second-order valence-corrected chi connectivity index (χ2v) is 12.9. The smallest absolute Gasteiger partial charge is 0.269 e. The average molecular weight is 616 g/mol. The largest absolute Gasteiger partial charge is 0.338 e. The zero-order chi connectivity index (χ0) is 33.0. The van der Waals surface area contributed by atoms with Crippen LogP contribution in [0.5, 0.6) is 0 Å². The molecule has 1 heterocycles. The van der Waals surface area contributed by atoms with E-state index in [0.29, 0.717) is 6.67 Å². The van der Waals surface area contributed by atoms with Crippen molar-refractivity contribution in [2.45, 2.75) is 66.7 Å². The van der Waals surface area contributed by atoms with E-state index in [1.807, 2.05) is 18.2 Å². The van der Waals surface area contributed by atoms with Crippen molar-refractivity contribution in [3.63, 3.8) is 0 Å². The first-order valence-corrected chi connectivity index (χ1v) is 16.2. The van der Waals surface area contributed by atoms with Crippen LogP contribution in [-0.4, -0.2) is 46.2 Å². The number of benzene rings is 4. The van der Waals surface area contributed by atoms with Crippen LogP contribution < -0.4 is 0 Å². The molecule has 0 saturated carbocycles. The van der Waals surface area contributed by atoms with Crippen LogP contribution in [0.3, 0.4) is 0 Å². The molecule has 0 aliphatic carbocycles. The topological polar surface area (TPSA) is 74.3 Å². The first kappa shape index (κ1) is 32.6. The lowest BCUT2D eigenvalue weighted by Crippen LogP contribution is -2.50. The van der Waals surface area contributed by atoms with Gasteiger partial charge in [-0.2, -0.15) is 0 Å². The Balaban J connectivity index is 1.66. The molecular formula is C39H45N5O2. The molecule has 4 aromatic rings. The third-order valence-electron chi connectivity index (χ3n) is 8.60. The second kappa shape index (κ2) is 14.1. The summed E-state index contributed by atoms with van der Waals surface area (Å²) in [4.78, 5) is 26.6. The predicted octanol–water partition coefficient (Wildman–Crippen LogP) is 9.59. The van der Waals surface area contributed by atoms with Gasteiger partial charge in [-0.05, 0) is 73.4 Å². The fourth-order valence-electron chi connectivity index (χ4n) is 6.14. The zero-order valence-electron chi connectivity index (χ0n) is 28.1. The molecule has 7 heteroatoms. The first-order valence-electron chi connectivity index (χ1n) is 16.2. The Labute approximate surface area is 273 Å². The van der Waals surface area contributed by atoms with Crippen LogP contribution in [0.25, 0.3) is 0 Å². The number of rotatable bonds is 7. The predicted molar refractivity (Wildman–Crippen MR) is 190 cm³/mol. The maximum atomic E-state index is 11.5. The van der Waals surface area contributed by atoms with Crippen LogP contribution in [0.15, 0.2) is 94.9 Å². The van der Waals surface area contributed by atoms with Crippen molar-refractivity contribution >= 4 is 28.7 Å². The Morgan fingerprint density at radius 2 is 1.20 bits per heavy atom. The number of aliphatic imine (C=N–C) groups is 2. The van der Waals surface area contributed by atoms with Gasteiger partial charge in [-0.25, -0.2) is 9.98 Å². The molecular weight excluding hydrogens is 570 g/mol. The summed E-state index contributed by atoms with van der Waals surface area (Å²) in [6.07, 6.45) is 0.909. The summed E-state index contributed by atoms with van der Waals surface area (Å²) in [7, 11) is 0. The molecule has 46 heavy (non-hydrogen) atoms. The van der Waals surface area contributed by atoms with E-state index in [4.69, 9.17) is 9.98 Å². The molecule has 0 atom stereocenters. The molecule has 0 radical (unpaired) electrons. The highest BCUT2D eigenvalue weighted by Crippen LogP contribution is 2.37. The van der Waals surface area contributed by atoms with Crippen molar-refractivity contribution in [3.8, 4) is 0 Å². The van der Waals surface area contributed by atoms with E-state index in [9.17, 15) is 10.1 Å². The summed E-state index contributed by atoms with van der Waals surface area (Å²) in [6.45, 7) is 17.4. The van der Waals surface area contributed by atoms with E-state index in [1.54, 1.807) is 12.1 Å². The zero-order valence-corrected chi connectivity index (χ0v) is 28.1. The number of amidine groups is 2. The molecule has 0 unspecified atom stereocenters. The summed E-state index contributed by atoms with van der Waals surface area (Å²) in [5, 5.41) is 11.5. The molecule has 7 nitrogen and oxygen atoms in total. The Hall–Kier alpha value is -4.78. The van der Waals surface area contributed by atoms with Gasteiger partial charge < -0.3 is 9.80 Å². The van der Waals surface area contributed by atoms with Crippen molar-refractivity contribution in [2.75, 3.05) is 19.8 Å². The van der Waals surface area contributed by atoms with Crippen molar-refractivity contribution in [1.29, 1.82) is 0 Å². The summed E-state index contributed by atoms with van der Waals surface area (Å²) in [5.74, 6) is 2.29. The lowest BCUT2D eigenvalue weighted by Gasteiger charge is -2.39. The number of nitrogens with zero attached hydrogens (tertiary/aromatic N) is 5.